The molecule has 5 nitrogen and oxygen atoms in total. The number of aryl methyl sites for hydroxylation is 2. The lowest BCUT2D eigenvalue weighted by molar-refractivity contribution is 0.0955. The molecule has 0 aliphatic rings. The molecule has 7 heteroatoms. The monoisotopic (exact) mass is 500 g/mol. The van der Waals surface area contributed by atoms with Gasteiger partial charge < -0.3 is 9.47 Å². The molecule has 0 heterocycles. The third kappa shape index (κ3) is 6.09. The average molecular weight is 502 g/mol. The van der Waals surface area contributed by atoms with E-state index in [1.54, 1.807) is 31.4 Å². The summed E-state index contributed by atoms with van der Waals surface area (Å²) in [6.45, 7) is 4.34. The van der Waals surface area contributed by atoms with Crippen molar-refractivity contribution in [3.05, 3.63) is 91.9 Å². The molecule has 0 spiro atoms. The van der Waals surface area contributed by atoms with Crippen LogP contribution in [0.5, 0.6) is 11.5 Å². The Morgan fingerprint density at radius 1 is 1.13 bits per heavy atom. The van der Waals surface area contributed by atoms with E-state index in [-0.39, 0.29) is 5.91 Å². The van der Waals surface area contributed by atoms with Crippen LogP contribution in [-0.4, -0.2) is 19.2 Å². The van der Waals surface area contributed by atoms with Gasteiger partial charge in [-0.1, -0.05) is 47.5 Å². The SMILES string of the molecule is COc1cc(/C=N\NC(=O)c2ccc(C)c(Cl)c2)cc(Br)c1OCc1ccc(C)cc1. The highest BCUT2D eigenvalue weighted by molar-refractivity contribution is 9.10. The number of amides is 1. The van der Waals surface area contributed by atoms with Gasteiger partial charge in [0.2, 0.25) is 0 Å². The maximum absolute atomic E-state index is 12.2. The van der Waals surface area contributed by atoms with Crippen LogP contribution in [0.3, 0.4) is 0 Å². The molecule has 3 rings (SSSR count). The van der Waals surface area contributed by atoms with Crippen LogP contribution in [0.1, 0.15) is 32.6 Å². The predicted octanol–water partition coefficient (Wildman–Crippen LogP) is 6.07. The number of carbonyl (C=O) groups excluding carboxylic acids is 1. The van der Waals surface area contributed by atoms with E-state index in [9.17, 15) is 4.79 Å². The molecule has 160 valence electrons. The smallest absolute Gasteiger partial charge is 0.271 e. The van der Waals surface area contributed by atoms with E-state index in [4.69, 9.17) is 21.1 Å². The molecular formula is C24H22BrClN2O3. The number of methoxy groups -OCH3 is 1. The van der Waals surface area contributed by atoms with Gasteiger partial charge >= 0.3 is 0 Å². The number of hydrogen-bond acceptors (Lipinski definition) is 4. The zero-order valence-corrected chi connectivity index (χ0v) is 19.8. The molecule has 0 aliphatic heterocycles. The molecule has 0 fully saturated rings. The van der Waals surface area contributed by atoms with Crippen molar-refractivity contribution in [2.24, 2.45) is 5.10 Å². The summed E-state index contributed by atoms with van der Waals surface area (Å²) in [5.41, 5.74) is 6.83. The lowest BCUT2D eigenvalue weighted by Crippen LogP contribution is -2.17. The van der Waals surface area contributed by atoms with E-state index in [0.717, 1.165) is 21.2 Å². The number of nitrogens with zero attached hydrogens (tertiary/aromatic N) is 1. The van der Waals surface area contributed by atoms with Gasteiger partial charge in [0.05, 0.1) is 17.8 Å². The van der Waals surface area contributed by atoms with Gasteiger partial charge in [-0.25, -0.2) is 5.43 Å². The Labute approximate surface area is 195 Å². The van der Waals surface area contributed by atoms with E-state index in [0.29, 0.717) is 28.7 Å². The zero-order chi connectivity index (χ0) is 22.4. The van der Waals surface area contributed by atoms with E-state index >= 15 is 0 Å². The second-order valence-corrected chi connectivity index (χ2v) is 8.23. The van der Waals surface area contributed by atoms with Crippen molar-refractivity contribution in [3.8, 4) is 11.5 Å². The minimum absolute atomic E-state index is 0.345. The van der Waals surface area contributed by atoms with Gasteiger partial charge in [-0.3, -0.25) is 4.79 Å². The van der Waals surface area contributed by atoms with Crippen LogP contribution in [0.2, 0.25) is 5.02 Å². The Morgan fingerprint density at radius 2 is 1.87 bits per heavy atom. The lowest BCUT2D eigenvalue weighted by atomic mass is 10.1. The Kier molecular flexibility index (Phi) is 7.71. The van der Waals surface area contributed by atoms with E-state index in [1.807, 2.05) is 44.2 Å². The summed E-state index contributed by atoms with van der Waals surface area (Å²) in [5.74, 6) is 0.806. The summed E-state index contributed by atoms with van der Waals surface area (Å²) in [6.07, 6.45) is 1.53. The molecule has 1 N–H and O–H groups in total. The van der Waals surface area contributed by atoms with Crippen molar-refractivity contribution in [3.63, 3.8) is 0 Å². The first-order chi connectivity index (χ1) is 14.9. The summed E-state index contributed by atoms with van der Waals surface area (Å²) < 4.78 is 12.2. The Morgan fingerprint density at radius 3 is 2.55 bits per heavy atom. The van der Waals surface area contributed by atoms with E-state index in [2.05, 4.69) is 26.5 Å². The lowest BCUT2D eigenvalue weighted by Gasteiger charge is -2.13. The van der Waals surface area contributed by atoms with Crippen molar-refractivity contribution in [2.45, 2.75) is 20.5 Å². The number of rotatable bonds is 7. The second kappa shape index (κ2) is 10.5. The number of ether oxygens (including phenoxy) is 2. The van der Waals surface area contributed by atoms with Gasteiger partial charge in [-0.2, -0.15) is 5.10 Å². The van der Waals surface area contributed by atoms with Crippen molar-refractivity contribution in [2.75, 3.05) is 7.11 Å². The maximum atomic E-state index is 12.2. The molecule has 0 atom stereocenters. The molecule has 0 saturated heterocycles. The molecule has 0 unspecified atom stereocenters. The Bertz CT molecular complexity index is 1110. The fourth-order valence-corrected chi connectivity index (χ4v) is 3.51. The highest BCUT2D eigenvalue weighted by Crippen LogP contribution is 2.36. The largest absolute Gasteiger partial charge is 0.493 e. The number of halogens is 2. The first-order valence-corrected chi connectivity index (χ1v) is 10.7. The number of benzene rings is 3. The fourth-order valence-electron chi connectivity index (χ4n) is 2.76. The van der Waals surface area contributed by atoms with Crippen LogP contribution in [0.15, 0.2) is 64.2 Å². The van der Waals surface area contributed by atoms with Crippen LogP contribution in [-0.2, 0) is 6.61 Å². The van der Waals surface area contributed by atoms with Crippen molar-refractivity contribution in [1.29, 1.82) is 0 Å². The molecule has 3 aromatic carbocycles. The van der Waals surface area contributed by atoms with Gasteiger partial charge in [0.1, 0.15) is 6.61 Å². The summed E-state index contributed by atoms with van der Waals surface area (Å²) in [7, 11) is 1.57. The van der Waals surface area contributed by atoms with Crippen molar-refractivity contribution < 1.29 is 14.3 Å². The summed E-state index contributed by atoms with van der Waals surface area (Å²) in [4.78, 5) is 12.2. The quantitative estimate of drug-likeness (QED) is 0.316. The van der Waals surface area contributed by atoms with Gasteiger partial charge in [0, 0.05) is 10.6 Å². The number of hydrogen-bond donors (Lipinski definition) is 1. The summed E-state index contributed by atoms with van der Waals surface area (Å²) in [5, 5.41) is 4.57. The topological polar surface area (TPSA) is 59.9 Å². The second-order valence-electron chi connectivity index (χ2n) is 6.97. The van der Waals surface area contributed by atoms with Crippen molar-refractivity contribution in [1.82, 2.24) is 5.43 Å². The van der Waals surface area contributed by atoms with Gasteiger partial charge in [0.25, 0.3) is 5.91 Å². The minimum atomic E-state index is -0.345. The first-order valence-electron chi connectivity index (χ1n) is 9.53. The summed E-state index contributed by atoms with van der Waals surface area (Å²) in [6, 6.07) is 16.9. The minimum Gasteiger partial charge on any atom is -0.493 e. The van der Waals surface area contributed by atoms with Crippen LogP contribution >= 0.6 is 27.5 Å². The highest BCUT2D eigenvalue weighted by Gasteiger charge is 2.12. The van der Waals surface area contributed by atoms with E-state index in [1.165, 1.54) is 11.8 Å². The van der Waals surface area contributed by atoms with Gasteiger partial charge in [0.15, 0.2) is 11.5 Å². The third-order valence-corrected chi connectivity index (χ3v) is 5.57. The van der Waals surface area contributed by atoms with Crippen molar-refractivity contribution >= 4 is 39.7 Å². The zero-order valence-electron chi connectivity index (χ0n) is 17.4. The Balaban J connectivity index is 1.69. The van der Waals surface area contributed by atoms with E-state index < -0.39 is 0 Å². The van der Waals surface area contributed by atoms with Gasteiger partial charge in [-0.05, 0) is 70.7 Å². The highest BCUT2D eigenvalue weighted by atomic mass is 79.9. The number of carbonyl (C=O) groups is 1. The molecule has 1 amide bonds. The molecule has 0 radical (unpaired) electrons. The molecule has 31 heavy (non-hydrogen) atoms. The third-order valence-electron chi connectivity index (χ3n) is 4.57. The Hall–Kier alpha value is -2.83. The van der Waals surface area contributed by atoms with Crippen LogP contribution in [0.25, 0.3) is 0 Å². The fraction of sp³-hybridized carbons (Fsp3) is 0.167. The molecule has 0 aliphatic carbocycles. The molecule has 0 saturated carbocycles. The van der Waals surface area contributed by atoms with Gasteiger partial charge in [-0.15, -0.1) is 0 Å². The number of nitrogens with one attached hydrogen (secondary N) is 1. The normalized spacial score (nSPS) is 10.9. The van der Waals surface area contributed by atoms with Crippen LogP contribution < -0.4 is 14.9 Å². The molecular weight excluding hydrogens is 480 g/mol. The summed E-state index contributed by atoms with van der Waals surface area (Å²) >= 11 is 9.60. The van der Waals surface area contributed by atoms with Crippen LogP contribution in [0.4, 0.5) is 0 Å². The maximum Gasteiger partial charge on any atom is 0.271 e. The average Bonchev–Trinajstić information content (AvgIpc) is 2.75. The predicted molar refractivity (Wildman–Crippen MR) is 127 cm³/mol. The molecule has 3 aromatic rings. The molecule has 0 bridgehead atoms. The number of hydrazone groups is 1. The first kappa shape index (κ1) is 22.8. The molecule has 0 aromatic heterocycles. The standard InChI is InChI=1S/C24H22BrClN2O3/c1-15-4-7-17(8-5-15)14-31-23-20(25)10-18(11-22(23)30-3)13-27-28-24(29)19-9-6-16(2)21(26)12-19/h4-13H,14H2,1-3H3,(H,28,29)/b27-13-. The van der Waals surface area contributed by atoms with Crippen LogP contribution in [0, 0.1) is 13.8 Å².